The Morgan fingerprint density at radius 2 is 2.16 bits per heavy atom. The number of hydrogen-bond acceptors (Lipinski definition) is 4. The number of nitrogens with one attached hydrogen (secondary N) is 1. The molecule has 0 aliphatic carbocycles. The Balaban J connectivity index is 1.91. The van der Waals surface area contributed by atoms with Crippen molar-refractivity contribution in [2.45, 2.75) is 6.54 Å². The maximum Gasteiger partial charge on any atom is 0.123 e. The van der Waals surface area contributed by atoms with Gasteiger partial charge >= 0.3 is 0 Å². The van der Waals surface area contributed by atoms with Gasteiger partial charge in [0.15, 0.2) is 0 Å². The van der Waals surface area contributed by atoms with Gasteiger partial charge in [0, 0.05) is 33.2 Å². The molecule has 0 atom stereocenters. The van der Waals surface area contributed by atoms with Crippen molar-refractivity contribution in [1.82, 2.24) is 19.8 Å². The largest absolute Gasteiger partial charge is 0.330 e. The van der Waals surface area contributed by atoms with Gasteiger partial charge in [0.1, 0.15) is 5.82 Å². The lowest BCUT2D eigenvalue weighted by Gasteiger charge is -2.26. The number of fused-ring (bicyclic) bond motifs is 1. The Kier molecular flexibility index (Phi) is 3.20. The summed E-state index contributed by atoms with van der Waals surface area (Å²) < 4.78 is 2.12. The lowest BCUT2D eigenvalue weighted by atomic mass is 10.2. The summed E-state index contributed by atoms with van der Waals surface area (Å²) in [5, 5.41) is 12.3. The highest BCUT2D eigenvalue weighted by atomic mass is 15.2. The molecule has 5 nitrogen and oxygen atoms in total. The fourth-order valence-electron chi connectivity index (χ4n) is 2.53. The van der Waals surface area contributed by atoms with E-state index in [0.29, 0.717) is 5.56 Å². The summed E-state index contributed by atoms with van der Waals surface area (Å²) in [5.41, 5.74) is 2.66. The van der Waals surface area contributed by atoms with Crippen molar-refractivity contribution in [3.63, 3.8) is 0 Å². The van der Waals surface area contributed by atoms with Crippen molar-refractivity contribution < 1.29 is 0 Å². The topological polar surface area (TPSA) is 56.9 Å². The molecule has 2 heterocycles. The SMILES string of the molecule is Cn1c(CN2CCNCC2)nc2cc(C#N)ccc21. The van der Waals surface area contributed by atoms with Gasteiger partial charge in [0.2, 0.25) is 0 Å². The summed E-state index contributed by atoms with van der Waals surface area (Å²) in [4.78, 5) is 7.07. The number of aromatic nitrogens is 2. The molecular formula is C14H17N5. The number of piperazine rings is 1. The Labute approximate surface area is 112 Å². The molecule has 1 aliphatic rings. The second kappa shape index (κ2) is 5.00. The molecule has 19 heavy (non-hydrogen) atoms. The first-order chi connectivity index (χ1) is 9.28. The van der Waals surface area contributed by atoms with Gasteiger partial charge in [-0.05, 0) is 18.2 Å². The Hall–Kier alpha value is -1.90. The third kappa shape index (κ3) is 2.33. The van der Waals surface area contributed by atoms with Gasteiger partial charge in [-0.25, -0.2) is 4.98 Å². The number of aryl methyl sites for hydroxylation is 1. The van der Waals surface area contributed by atoms with Gasteiger partial charge < -0.3 is 9.88 Å². The van der Waals surface area contributed by atoms with E-state index in [1.54, 1.807) is 0 Å². The summed E-state index contributed by atoms with van der Waals surface area (Å²) >= 11 is 0. The van der Waals surface area contributed by atoms with Crippen LogP contribution in [-0.4, -0.2) is 40.6 Å². The molecule has 0 radical (unpaired) electrons. The number of hydrogen-bond donors (Lipinski definition) is 1. The molecule has 0 spiro atoms. The van der Waals surface area contributed by atoms with Crippen LogP contribution >= 0.6 is 0 Å². The minimum absolute atomic E-state index is 0.666. The normalized spacial score (nSPS) is 16.6. The first kappa shape index (κ1) is 12.2. The highest BCUT2D eigenvalue weighted by Gasteiger charge is 2.14. The molecule has 98 valence electrons. The van der Waals surface area contributed by atoms with Gasteiger partial charge in [0.25, 0.3) is 0 Å². The minimum atomic E-state index is 0.666. The molecule has 0 saturated carbocycles. The zero-order valence-corrected chi connectivity index (χ0v) is 11.1. The van der Waals surface area contributed by atoms with Crippen LogP contribution in [0.25, 0.3) is 11.0 Å². The monoisotopic (exact) mass is 255 g/mol. The average molecular weight is 255 g/mol. The van der Waals surface area contributed by atoms with E-state index >= 15 is 0 Å². The zero-order chi connectivity index (χ0) is 13.2. The molecule has 0 amide bonds. The quantitative estimate of drug-likeness (QED) is 0.864. The van der Waals surface area contributed by atoms with Crippen LogP contribution in [0.1, 0.15) is 11.4 Å². The lowest BCUT2D eigenvalue weighted by Crippen LogP contribution is -2.43. The first-order valence-electron chi connectivity index (χ1n) is 6.56. The van der Waals surface area contributed by atoms with Gasteiger partial charge in [-0.15, -0.1) is 0 Å². The fraction of sp³-hybridized carbons (Fsp3) is 0.429. The number of nitriles is 1. The third-order valence-corrected chi connectivity index (χ3v) is 3.68. The smallest absolute Gasteiger partial charge is 0.123 e. The fourth-order valence-corrected chi connectivity index (χ4v) is 2.53. The van der Waals surface area contributed by atoms with Crippen LogP contribution in [0.5, 0.6) is 0 Å². The van der Waals surface area contributed by atoms with Gasteiger partial charge in [-0.2, -0.15) is 5.26 Å². The van der Waals surface area contributed by atoms with Gasteiger partial charge in [0.05, 0.1) is 29.2 Å². The summed E-state index contributed by atoms with van der Waals surface area (Å²) in [6.07, 6.45) is 0. The molecule has 1 N–H and O–H groups in total. The molecule has 5 heteroatoms. The standard InChI is InChI=1S/C14H17N5/c1-18-13-3-2-11(9-15)8-12(13)17-14(18)10-19-6-4-16-5-7-19/h2-3,8,16H,4-7,10H2,1H3. The van der Waals surface area contributed by atoms with Crippen molar-refractivity contribution >= 4 is 11.0 Å². The predicted molar refractivity (Wildman–Crippen MR) is 73.6 cm³/mol. The van der Waals surface area contributed by atoms with E-state index in [0.717, 1.165) is 49.6 Å². The van der Waals surface area contributed by atoms with Crippen molar-refractivity contribution in [3.8, 4) is 6.07 Å². The first-order valence-corrected chi connectivity index (χ1v) is 6.56. The van der Waals surface area contributed by atoms with Crippen molar-refractivity contribution in [1.29, 1.82) is 5.26 Å². The Morgan fingerprint density at radius 3 is 2.89 bits per heavy atom. The van der Waals surface area contributed by atoms with E-state index in [1.807, 2.05) is 25.2 Å². The van der Waals surface area contributed by atoms with Gasteiger partial charge in [-0.3, -0.25) is 4.90 Å². The molecular weight excluding hydrogens is 238 g/mol. The van der Waals surface area contributed by atoms with E-state index in [9.17, 15) is 0 Å². The molecule has 1 aromatic heterocycles. The van der Waals surface area contributed by atoms with Crippen molar-refractivity contribution in [2.24, 2.45) is 7.05 Å². The van der Waals surface area contributed by atoms with Gasteiger partial charge in [-0.1, -0.05) is 0 Å². The van der Waals surface area contributed by atoms with Crippen molar-refractivity contribution in [2.75, 3.05) is 26.2 Å². The van der Waals surface area contributed by atoms with E-state index in [-0.39, 0.29) is 0 Å². The molecule has 3 rings (SSSR count). The molecule has 0 bridgehead atoms. The predicted octanol–water partition coefficient (Wildman–Crippen LogP) is 0.850. The van der Waals surface area contributed by atoms with Crippen LogP contribution in [0, 0.1) is 11.3 Å². The molecule has 2 aromatic rings. The third-order valence-electron chi connectivity index (χ3n) is 3.68. The Morgan fingerprint density at radius 1 is 1.37 bits per heavy atom. The number of rotatable bonds is 2. The van der Waals surface area contributed by atoms with Crippen LogP contribution < -0.4 is 5.32 Å². The van der Waals surface area contributed by atoms with E-state index < -0.39 is 0 Å². The molecule has 1 fully saturated rings. The van der Waals surface area contributed by atoms with Crippen LogP contribution in [0.3, 0.4) is 0 Å². The zero-order valence-electron chi connectivity index (χ0n) is 11.1. The maximum absolute atomic E-state index is 8.93. The minimum Gasteiger partial charge on any atom is -0.330 e. The van der Waals surface area contributed by atoms with Crippen LogP contribution in [0.4, 0.5) is 0 Å². The number of imidazole rings is 1. The summed E-state index contributed by atoms with van der Waals surface area (Å²) in [7, 11) is 2.04. The summed E-state index contributed by atoms with van der Waals surface area (Å²) in [6.45, 7) is 5.08. The van der Waals surface area contributed by atoms with E-state index in [2.05, 4.69) is 25.8 Å². The summed E-state index contributed by atoms with van der Waals surface area (Å²) in [5.74, 6) is 1.06. The van der Waals surface area contributed by atoms with Crippen molar-refractivity contribution in [3.05, 3.63) is 29.6 Å². The molecule has 1 aliphatic heterocycles. The second-order valence-electron chi connectivity index (χ2n) is 4.93. The van der Waals surface area contributed by atoms with E-state index in [4.69, 9.17) is 5.26 Å². The Bertz CT molecular complexity index is 631. The summed E-state index contributed by atoms with van der Waals surface area (Å²) in [6, 6.07) is 7.84. The van der Waals surface area contributed by atoms with Crippen LogP contribution in [-0.2, 0) is 13.6 Å². The molecule has 1 aromatic carbocycles. The maximum atomic E-state index is 8.93. The second-order valence-corrected chi connectivity index (χ2v) is 4.93. The highest BCUT2D eigenvalue weighted by Crippen LogP contribution is 2.17. The molecule has 0 unspecified atom stereocenters. The molecule has 1 saturated heterocycles. The highest BCUT2D eigenvalue weighted by molar-refractivity contribution is 5.77. The average Bonchev–Trinajstić information content (AvgIpc) is 2.76. The number of benzene rings is 1. The van der Waals surface area contributed by atoms with Crippen LogP contribution in [0.15, 0.2) is 18.2 Å². The number of nitrogens with zero attached hydrogens (tertiary/aromatic N) is 4. The lowest BCUT2D eigenvalue weighted by molar-refractivity contribution is 0.226. The van der Waals surface area contributed by atoms with Crippen LogP contribution in [0.2, 0.25) is 0 Å². The van der Waals surface area contributed by atoms with E-state index in [1.165, 1.54) is 0 Å².